The van der Waals surface area contributed by atoms with Gasteiger partial charge in [-0.15, -0.1) is 0 Å². The average molecular weight is 100 g/mol. The minimum Gasteiger partial charge on any atom is -0.328 e. The summed E-state index contributed by atoms with van der Waals surface area (Å²) in [5, 5.41) is 0. The minimum absolute atomic E-state index is 0.125. The normalized spacial score (nSPS) is 15.0. The van der Waals surface area contributed by atoms with Gasteiger partial charge >= 0.3 is 0 Å². The molecule has 0 saturated carbocycles. The highest BCUT2D eigenvalue weighted by Gasteiger charge is 1.96. The molecule has 1 radical (unpaired) electrons. The molecule has 0 spiro atoms. The Morgan fingerprint density at radius 1 is 1.57 bits per heavy atom. The Bertz CT molecular complexity index is 33.4. The zero-order chi connectivity index (χ0) is 5.86. The van der Waals surface area contributed by atoms with Gasteiger partial charge < -0.3 is 5.73 Å². The third kappa shape index (κ3) is 5.96. The van der Waals surface area contributed by atoms with Gasteiger partial charge in [-0.1, -0.05) is 13.8 Å². The summed E-state index contributed by atoms with van der Waals surface area (Å²) in [5.74, 6) is 0.687. The first-order valence-corrected chi connectivity index (χ1v) is 2.71. The smallest absolute Gasteiger partial charge is 0.00418 e. The lowest BCUT2D eigenvalue weighted by Crippen LogP contribution is -2.17. The van der Waals surface area contributed by atoms with E-state index < -0.39 is 0 Å². The fourth-order valence-electron chi connectivity index (χ4n) is 0.605. The maximum Gasteiger partial charge on any atom is 0.00418 e. The van der Waals surface area contributed by atoms with Crippen LogP contribution in [0.4, 0.5) is 0 Å². The van der Waals surface area contributed by atoms with E-state index in [0.29, 0.717) is 5.92 Å². The van der Waals surface area contributed by atoms with Crippen LogP contribution in [0.15, 0.2) is 0 Å². The molecule has 0 bridgehead atoms. The van der Waals surface area contributed by atoms with Crippen molar-refractivity contribution in [3.63, 3.8) is 0 Å². The van der Waals surface area contributed by atoms with Crippen LogP contribution in [-0.4, -0.2) is 6.04 Å². The molecule has 0 aromatic rings. The van der Waals surface area contributed by atoms with Crippen LogP contribution in [0.25, 0.3) is 0 Å². The Kier molecular flexibility index (Phi) is 3.01. The van der Waals surface area contributed by atoms with Gasteiger partial charge in [-0.25, -0.2) is 0 Å². The van der Waals surface area contributed by atoms with Crippen molar-refractivity contribution in [2.24, 2.45) is 11.7 Å². The van der Waals surface area contributed by atoms with E-state index in [9.17, 15) is 0 Å². The van der Waals surface area contributed by atoms with Crippen LogP contribution < -0.4 is 5.73 Å². The summed E-state index contributed by atoms with van der Waals surface area (Å²) >= 11 is 0. The fourth-order valence-corrected chi connectivity index (χ4v) is 0.605. The number of hydrogen-bond acceptors (Lipinski definition) is 1. The predicted molar refractivity (Wildman–Crippen MR) is 32.8 cm³/mol. The van der Waals surface area contributed by atoms with Crippen molar-refractivity contribution in [2.45, 2.75) is 26.3 Å². The second-order valence-electron chi connectivity index (χ2n) is 2.39. The van der Waals surface area contributed by atoms with Crippen LogP contribution in [0.2, 0.25) is 0 Å². The highest BCUT2D eigenvalue weighted by molar-refractivity contribution is 4.63. The largest absolute Gasteiger partial charge is 0.328 e. The molecule has 0 aliphatic carbocycles. The molecule has 0 unspecified atom stereocenters. The molecular formula is C6H14N. The molecule has 1 atom stereocenters. The highest BCUT2D eigenvalue weighted by atomic mass is 14.6. The number of nitrogens with two attached hydrogens (primary N) is 1. The van der Waals surface area contributed by atoms with Crippen LogP contribution in [-0.2, 0) is 0 Å². The second-order valence-corrected chi connectivity index (χ2v) is 2.39. The molecule has 1 heteroatoms. The maximum atomic E-state index is 5.38. The van der Waals surface area contributed by atoms with E-state index in [0.717, 1.165) is 6.42 Å². The Hall–Kier alpha value is -0.0400. The van der Waals surface area contributed by atoms with E-state index in [1.165, 1.54) is 0 Å². The van der Waals surface area contributed by atoms with E-state index in [1.54, 1.807) is 0 Å². The molecule has 0 saturated heterocycles. The SMILES string of the molecule is [CH2][C@H](N)CC(C)C. The molecule has 2 N–H and O–H groups in total. The first kappa shape index (κ1) is 6.96. The zero-order valence-electron chi connectivity index (χ0n) is 5.15. The van der Waals surface area contributed by atoms with Gasteiger partial charge in [0.1, 0.15) is 0 Å². The summed E-state index contributed by atoms with van der Waals surface area (Å²) < 4.78 is 0. The van der Waals surface area contributed by atoms with E-state index in [4.69, 9.17) is 5.73 Å². The molecule has 7 heavy (non-hydrogen) atoms. The molecule has 0 rings (SSSR count). The highest BCUT2D eigenvalue weighted by Crippen LogP contribution is 1.99. The molecule has 0 fully saturated rings. The van der Waals surface area contributed by atoms with E-state index in [2.05, 4.69) is 20.8 Å². The molecule has 0 aliphatic rings. The third-order valence-corrected chi connectivity index (χ3v) is 0.774. The minimum atomic E-state index is 0.125. The van der Waals surface area contributed by atoms with E-state index in [-0.39, 0.29) is 6.04 Å². The molecule has 0 aromatic heterocycles. The Balaban J connectivity index is 2.95. The van der Waals surface area contributed by atoms with Gasteiger partial charge in [0.2, 0.25) is 0 Å². The topological polar surface area (TPSA) is 26.0 Å². The van der Waals surface area contributed by atoms with Crippen molar-refractivity contribution in [2.75, 3.05) is 0 Å². The standard InChI is InChI=1S/C6H14N/c1-5(2)4-6(3)7/h5-6H,3-4,7H2,1-2H3/t6-/m0/s1. The molecule has 0 aromatic carbocycles. The van der Waals surface area contributed by atoms with Crippen molar-refractivity contribution in [1.29, 1.82) is 0 Å². The zero-order valence-corrected chi connectivity index (χ0v) is 5.15. The van der Waals surface area contributed by atoms with Gasteiger partial charge in [0.25, 0.3) is 0 Å². The molecular weight excluding hydrogens is 86.1 g/mol. The second kappa shape index (κ2) is 3.03. The first-order chi connectivity index (χ1) is 3.13. The van der Waals surface area contributed by atoms with Crippen molar-refractivity contribution in [3.05, 3.63) is 6.92 Å². The lowest BCUT2D eigenvalue weighted by molar-refractivity contribution is 0.544. The quantitative estimate of drug-likeness (QED) is 0.554. The van der Waals surface area contributed by atoms with Crippen molar-refractivity contribution in [1.82, 2.24) is 0 Å². The van der Waals surface area contributed by atoms with Gasteiger partial charge in [0.15, 0.2) is 0 Å². The van der Waals surface area contributed by atoms with Crippen LogP contribution in [0.1, 0.15) is 20.3 Å². The summed E-state index contributed by atoms with van der Waals surface area (Å²) in [4.78, 5) is 0. The van der Waals surface area contributed by atoms with Gasteiger partial charge in [-0.2, -0.15) is 0 Å². The van der Waals surface area contributed by atoms with E-state index >= 15 is 0 Å². The fraction of sp³-hybridized carbons (Fsp3) is 0.833. The summed E-state index contributed by atoms with van der Waals surface area (Å²) in [6.45, 7) is 7.94. The van der Waals surface area contributed by atoms with E-state index in [1.807, 2.05) is 0 Å². The Morgan fingerprint density at radius 2 is 2.00 bits per heavy atom. The third-order valence-electron chi connectivity index (χ3n) is 0.774. The number of rotatable bonds is 2. The molecule has 0 amide bonds. The van der Waals surface area contributed by atoms with Crippen LogP contribution >= 0.6 is 0 Å². The van der Waals surface area contributed by atoms with Crippen molar-refractivity contribution < 1.29 is 0 Å². The number of hydrogen-bond donors (Lipinski definition) is 1. The van der Waals surface area contributed by atoms with Crippen LogP contribution in [0, 0.1) is 12.8 Å². The molecule has 0 aliphatic heterocycles. The summed E-state index contributed by atoms with van der Waals surface area (Å²) in [7, 11) is 0. The Morgan fingerprint density at radius 3 is 2.00 bits per heavy atom. The summed E-state index contributed by atoms with van der Waals surface area (Å²) in [5.41, 5.74) is 5.38. The van der Waals surface area contributed by atoms with Gasteiger partial charge in [-0.05, 0) is 19.3 Å². The summed E-state index contributed by atoms with van der Waals surface area (Å²) in [6, 6.07) is 0.125. The lowest BCUT2D eigenvalue weighted by atomic mass is 10.1. The lowest BCUT2D eigenvalue weighted by Gasteiger charge is -2.05. The van der Waals surface area contributed by atoms with Gasteiger partial charge in [-0.3, -0.25) is 0 Å². The van der Waals surface area contributed by atoms with Crippen molar-refractivity contribution >= 4 is 0 Å². The Labute approximate surface area is 45.9 Å². The molecule has 0 heterocycles. The molecule has 43 valence electrons. The van der Waals surface area contributed by atoms with Gasteiger partial charge in [0.05, 0.1) is 0 Å². The van der Waals surface area contributed by atoms with Crippen LogP contribution in [0.5, 0.6) is 0 Å². The molecule has 1 nitrogen and oxygen atoms in total. The first-order valence-electron chi connectivity index (χ1n) is 2.71. The maximum absolute atomic E-state index is 5.38. The predicted octanol–water partition coefficient (Wildman–Crippen LogP) is 1.19. The average Bonchev–Trinajstić information content (AvgIpc) is 1.27. The summed E-state index contributed by atoms with van der Waals surface area (Å²) in [6.07, 6.45) is 1.03. The van der Waals surface area contributed by atoms with Crippen LogP contribution in [0.3, 0.4) is 0 Å². The monoisotopic (exact) mass is 100 g/mol. The van der Waals surface area contributed by atoms with Crippen molar-refractivity contribution in [3.8, 4) is 0 Å². The van der Waals surface area contributed by atoms with Gasteiger partial charge in [0, 0.05) is 6.04 Å².